The standard InChI is InChI=1S/C12H14ClNO5/c1-7-10(13)6-9(8(2)15)12(11(7)14(16)17)19-5-4-18-3/h6H,4-5H2,1-3H3. The van der Waals surface area contributed by atoms with Gasteiger partial charge in [-0.2, -0.15) is 0 Å². The minimum atomic E-state index is -0.601. The van der Waals surface area contributed by atoms with Gasteiger partial charge >= 0.3 is 5.69 Å². The van der Waals surface area contributed by atoms with Crippen LogP contribution in [0, 0.1) is 17.0 Å². The van der Waals surface area contributed by atoms with Crippen molar-refractivity contribution in [2.75, 3.05) is 20.3 Å². The fourth-order valence-corrected chi connectivity index (χ4v) is 1.76. The van der Waals surface area contributed by atoms with Gasteiger partial charge in [0.25, 0.3) is 0 Å². The van der Waals surface area contributed by atoms with Gasteiger partial charge in [0, 0.05) is 12.7 Å². The van der Waals surface area contributed by atoms with Crippen LogP contribution in [0.25, 0.3) is 0 Å². The molecule has 1 aromatic carbocycles. The van der Waals surface area contributed by atoms with Crippen LogP contribution in [0.4, 0.5) is 5.69 Å². The first-order valence-electron chi connectivity index (χ1n) is 5.50. The maximum Gasteiger partial charge on any atom is 0.316 e. The Morgan fingerprint density at radius 3 is 2.58 bits per heavy atom. The number of methoxy groups -OCH3 is 1. The summed E-state index contributed by atoms with van der Waals surface area (Å²) in [5.41, 5.74) is 0.0799. The molecule has 1 rings (SSSR count). The Labute approximate surface area is 115 Å². The average Bonchev–Trinajstić information content (AvgIpc) is 2.32. The summed E-state index contributed by atoms with van der Waals surface area (Å²) >= 11 is 5.90. The number of nitrogens with zero attached hydrogens (tertiary/aromatic N) is 1. The molecule has 0 bridgehead atoms. The molecule has 1 aromatic rings. The first kappa shape index (κ1) is 15.4. The van der Waals surface area contributed by atoms with Gasteiger partial charge in [0.2, 0.25) is 5.75 Å². The summed E-state index contributed by atoms with van der Waals surface area (Å²) in [5, 5.41) is 11.3. The van der Waals surface area contributed by atoms with E-state index in [0.717, 1.165) is 0 Å². The Bertz CT molecular complexity index is 515. The molecular formula is C12H14ClNO5. The van der Waals surface area contributed by atoms with Crippen LogP contribution in [0.3, 0.4) is 0 Å². The lowest BCUT2D eigenvalue weighted by atomic mass is 10.1. The second kappa shape index (κ2) is 6.49. The van der Waals surface area contributed by atoms with E-state index in [9.17, 15) is 14.9 Å². The predicted molar refractivity (Wildman–Crippen MR) is 70.2 cm³/mol. The van der Waals surface area contributed by atoms with Gasteiger partial charge in [0.1, 0.15) is 6.61 Å². The number of carbonyl (C=O) groups excluding carboxylic acids is 1. The lowest BCUT2D eigenvalue weighted by Gasteiger charge is -2.12. The molecule has 0 saturated heterocycles. The maximum atomic E-state index is 11.5. The summed E-state index contributed by atoms with van der Waals surface area (Å²) in [7, 11) is 1.48. The monoisotopic (exact) mass is 287 g/mol. The maximum absolute atomic E-state index is 11.5. The van der Waals surface area contributed by atoms with Crippen LogP contribution in [-0.4, -0.2) is 31.0 Å². The Kier molecular flexibility index (Phi) is 5.26. The Morgan fingerprint density at radius 2 is 2.11 bits per heavy atom. The van der Waals surface area contributed by atoms with E-state index in [-0.39, 0.29) is 46.6 Å². The summed E-state index contributed by atoms with van der Waals surface area (Å²) in [5.74, 6) is -0.408. The first-order chi connectivity index (χ1) is 8.90. The number of nitro groups is 1. The van der Waals surface area contributed by atoms with Crippen LogP contribution in [0.5, 0.6) is 5.75 Å². The molecule has 0 N–H and O–H groups in total. The minimum Gasteiger partial charge on any atom is -0.484 e. The lowest BCUT2D eigenvalue weighted by Crippen LogP contribution is -2.10. The fraction of sp³-hybridized carbons (Fsp3) is 0.417. The molecule has 19 heavy (non-hydrogen) atoms. The fourth-order valence-electron chi connectivity index (χ4n) is 1.57. The van der Waals surface area contributed by atoms with Gasteiger partial charge in [0.05, 0.1) is 22.1 Å². The van der Waals surface area contributed by atoms with Gasteiger partial charge in [0.15, 0.2) is 5.78 Å². The second-order valence-corrected chi connectivity index (χ2v) is 4.27. The van der Waals surface area contributed by atoms with Gasteiger partial charge in [-0.05, 0) is 19.9 Å². The number of benzene rings is 1. The second-order valence-electron chi connectivity index (χ2n) is 3.86. The highest BCUT2D eigenvalue weighted by Gasteiger charge is 2.27. The highest BCUT2D eigenvalue weighted by atomic mass is 35.5. The molecule has 0 unspecified atom stereocenters. The highest BCUT2D eigenvalue weighted by molar-refractivity contribution is 6.32. The number of rotatable bonds is 6. The van der Waals surface area contributed by atoms with Crippen molar-refractivity contribution in [1.29, 1.82) is 0 Å². The van der Waals surface area contributed by atoms with Gasteiger partial charge < -0.3 is 9.47 Å². The van der Waals surface area contributed by atoms with Crippen molar-refractivity contribution in [3.63, 3.8) is 0 Å². The van der Waals surface area contributed by atoms with Gasteiger partial charge in [-0.15, -0.1) is 0 Å². The zero-order valence-electron chi connectivity index (χ0n) is 10.9. The predicted octanol–water partition coefficient (Wildman–Crippen LogP) is 2.78. The quantitative estimate of drug-likeness (QED) is 0.348. The number of hydrogen-bond acceptors (Lipinski definition) is 5. The van der Waals surface area contributed by atoms with E-state index in [1.165, 1.54) is 27.0 Å². The summed E-state index contributed by atoms with van der Waals surface area (Å²) < 4.78 is 10.1. The van der Waals surface area contributed by atoms with E-state index in [1.807, 2.05) is 0 Å². The largest absolute Gasteiger partial charge is 0.484 e. The van der Waals surface area contributed by atoms with E-state index in [0.29, 0.717) is 0 Å². The number of halogens is 1. The summed E-state index contributed by atoms with van der Waals surface area (Å²) in [6.07, 6.45) is 0. The third-order valence-corrected chi connectivity index (χ3v) is 2.93. The molecule has 6 nitrogen and oxygen atoms in total. The van der Waals surface area contributed by atoms with Crippen molar-refractivity contribution in [3.05, 3.63) is 32.3 Å². The van der Waals surface area contributed by atoms with Crippen LogP contribution in [0.15, 0.2) is 6.07 Å². The molecule has 0 atom stereocenters. The van der Waals surface area contributed by atoms with E-state index in [2.05, 4.69) is 0 Å². The summed E-state index contributed by atoms with van der Waals surface area (Å²) in [6.45, 7) is 3.18. The molecular weight excluding hydrogens is 274 g/mol. The summed E-state index contributed by atoms with van der Waals surface area (Å²) in [4.78, 5) is 22.1. The minimum absolute atomic E-state index is 0.0588. The highest BCUT2D eigenvalue weighted by Crippen LogP contribution is 2.38. The molecule has 104 valence electrons. The van der Waals surface area contributed by atoms with E-state index < -0.39 is 4.92 Å². The SMILES string of the molecule is COCCOc1c(C(C)=O)cc(Cl)c(C)c1[N+](=O)[O-]. The number of ether oxygens (including phenoxy) is 2. The molecule has 7 heteroatoms. The zero-order chi connectivity index (χ0) is 14.6. The van der Waals surface area contributed by atoms with Gasteiger partial charge in [-0.1, -0.05) is 11.6 Å². The molecule has 0 fully saturated rings. The number of ketones is 1. The average molecular weight is 288 g/mol. The van der Waals surface area contributed by atoms with E-state index in [4.69, 9.17) is 21.1 Å². The molecule has 0 aliphatic heterocycles. The van der Waals surface area contributed by atoms with Crippen molar-refractivity contribution in [1.82, 2.24) is 0 Å². The molecule has 0 aromatic heterocycles. The van der Waals surface area contributed by atoms with Crippen molar-refractivity contribution in [3.8, 4) is 5.75 Å². The number of hydrogen-bond donors (Lipinski definition) is 0. The zero-order valence-corrected chi connectivity index (χ0v) is 11.6. The Hall–Kier alpha value is -1.66. The molecule has 0 spiro atoms. The van der Waals surface area contributed by atoms with Crippen molar-refractivity contribution >= 4 is 23.1 Å². The molecule has 0 aliphatic rings. The Balaban J connectivity index is 3.39. The Morgan fingerprint density at radius 1 is 1.47 bits per heavy atom. The van der Waals surface area contributed by atoms with Crippen LogP contribution >= 0.6 is 11.6 Å². The smallest absolute Gasteiger partial charge is 0.316 e. The third-order valence-electron chi connectivity index (χ3n) is 2.54. The van der Waals surface area contributed by atoms with Crippen LogP contribution in [-0.2, 0) is 4.74 Å². The topological polar surface area (TPSA) is 78.7 Å². The van der Waals surface area contributed by atoms with Crippen LogP contribution < -0.4 is 4.74 Å². The van der Waals surface area contributed by atoms with Crippen LogP contribution in [0.1, 0.15) is 22.8 Å². The molecule has 0 aliphatic carbocycles. The molecule has 0 saturated carbocycles. The van der Waals surface area contributed by atoms with Crippen molar-refractivity contribution in [2.24, 2.45) is 0 Å². The molecule has 0 heterocycles. The third kappa shape index (κ3) is 3.42. The normalized spacial score (nSPS) is 10.3. The van der Waals surface area contributed by atoms with Crippen LogP contribution in [0.2, 0.25) is 5.02 Å². The lowest BCUT2D eigenvalue weighted by molar-refractivity contribution is -0.386. The van der Waals surface area contributed by atoms with E-state index >= 15 is 0 Å². The summed E-state index contributed by atoms with van der Waals surface area (Å²) in [6, 6.07) is 1.38. The first-order valence-corrected chi connectivity index (χ1v) is 5.88. The van der Waals surface area contributed by atoms with Crippen molar-refractivity contribution in [2.45, 2.75) is 13.8 Å². The number of Topliss-reactive ketones (excluding diaryl/α,β-unsaturated/α-hetero) is 1. The van der Waals surface area contributed by atoms with Gasteiger partial charge in [-0.25, -0.2) is 0 Å². The van der Waals surface area contributed by atoms with E-state index in [1.54, 1.807) is 0 Å². The van der Waals surface area contributed by atoms with Crippen molar-refractivity contribution < 1.29 is 19.2 Å². The van der Waals surface area contributed by atoms with Gasteiger partial charge in [-0.3, -0.25) is 14.9 Å². The number of carbonyl (C=O) groups is 1. The molecule has 0 amide bonds. The number of nitro benzene ring substituents is 1. The molecule has 0 radical (unpaired) electrons.